The van der Waals surface area contributed by atoms with E-state index in [2.05, 4.69) is 10.1 Å². The molecular weight excluding hydrogens is 411 g/mol. The van der Waals surface area contributed by atoms with E-state index in [0.29, 0.717) is 43.4 Å². The SMILES string of the molecule is Cc1nccn1-c1ccc(CN2CCN(C(=O)n3cc(N)cn3)CC2)c(C(F)(F)F)c1. The summed E-state index contributed by atoms with van der Waals surface area (Å²) in [5.41, 5.74) is 5.94. The van der Waals surface area contributed by atoms with E-state index in [9.17, 15) is 18.0 Å². The number of amides is 1. The Labute approximate surface area is 176 Å². The average molecular weight is 433 g/mol. The Morgan fingerprint density at radius 1 is 1.19 bits per heavy atom. The van der Waals surface area contributed by atoms with E-state index in [1.807, 2.05) is 4.90 Å². The lowest BCUT2D eigenvalue weighted by molar-refractivity contribution is -0.138. The number of alkyl halides is 3. The van der Waals surface area contributed by atoms with Gasteiger partial charge < -0.3 is 15.2 Å². The van der Waals surface area contributed by atoms with E-state index in [4.69, 9.17) is 5.73 Å². The molecule has 1 amide bonds. The number of aromatic nitrogens is 4. The summed E-state index contributed by atoms with van der Waals surface area (Å²) in [6.07, 6.45) is 1.54. The third kappa shape index (κ3) is 4.41. The molecule has 1 aliphatic heterocycles. The number of nitrogen functional groups attached to an aromatic ring is 1. The van der Waals surface area contributed by atoms with Crippen LogP contribution in [0.1, 0.15) is 17.0 Å². The highest BCUT2D eigenvalue weighted by Crippen LogP contribution is 2.34. The van der Waals surface area contributed by atoms with Crippen LogP contribution >= 0.6 is 0 Å². The van der Waals surface area contributed by atoms with Crippen molar-refractivity contribution in [3.63, 3.8) is 0 Å². The maximum Gasteiger partial charge on any atom is 0.416 e. The fourth-order valence-corrected chi connectivity index (χ4v) is 3.69. The van der Waals surface area contributed by atoms with Crippen molar-refractivity contribution >= 4 is 11.7 Å². The Bertz CT molecular complexity index is 1080. The molecule has 0 aliphatic carbocycles. The zero-order valence-electron chi connectivity index (χ0n) is 16.9. The minimum atomic E-state index is -4.47. The number of aryl methyl sites for hydroxylation is 1. The van der Waals surface area contributed by atoms with E-state index in [1.165, 1.54) is 23.1 Å². The lowest BCUT2D eigenvalue weighted by Gasteiger charge is -2.34. The molecule has 0 bridgehead atoms. The van der Waals surface area contributed by atoms with E-state index >= 15 is 0 Å². The minimum absolute atomic E-state index is 0.148. The summed E-state index contributed by atoms with van der Waals surface area (Å²) in [4.78, 5) is 20.0. The van der Waals surface area contributed by atoms with Crippen LogP contribution in [0.4, 0.5) is 23.7 Å². The first-order valence-electron chi connectivity index (χ1n) is 9.74. The van der Waals surface area contributed by atoms with Gasteiger partial charge in [-0.15, -0.1) is 0 Å². The largest absolute Gasteiger partial charge is 0.416 e. The van der Waals surface area contributed by atoms with Crippen molar-refractivity contribution in [1.29, 1.82) is 0 Å². The average Bonchev–Trinajstić information content (AvgIpc) is 3.36. The van der Waals surface area contributed by atoms with Crippen LogP contribution in [-0.2, 0) is 12.7 Å². The fourth-order valence-electron chi connectivity index (χ4n) is 3.69. The normalized spacial score (nSPS) is 15.4. The van der Waals surface area contributed by atoms with Crippen LogP contribution in [0.3, 0.4) is 0 Å². The molecule has 8 nitrogen and oxygen atoms in total. The lowest BCUT2D eigenvalue weighted by atomic mass is 10.0. The third-order valence-electron chi connectivity index (χ3n) is 5.34. The molecule has 1 aromatic carbocycles. The van der Waals surface area contributed by atoms with Gasteiger partial charge >= 0.3 is 12.2 Å². The van der Waals surface area contributed by atoms with Crippen molar-refractivity contribution in [3.8, 4) is 5.69 Å². The smallest absolute Gasteiger partial charge is 0.396 e. The summed E-state index contributed by atoms with van der Waals surface area (Å²) in [7, 11) is 0. The molecule has 1 saturated heterocycles. The monoisotopic (exact) mass is 433 g/mol. The summed E-state index contributed by atoms with van der Waals surface area (Å²) in [5.74, 6) is 0.612. The molecule has 0 saturated carbocycles. The molecule has 3 aromatic rings. The maximum atomic E-state index is 13.8. The summed E-state index contributed by atoms with van der Waals surface area (Å²) < 4.78 is 44.1. The third-order valence-corrected chi connectivity index (χ3v) is 5.34. The number of anilines is 1. The first-order chi connectivity index (χ1) is 14.7. The Balaban J connectivity index is 1.47. The van der Waals surface area contributed by atoms with Crippen molar-refractivity contribution in [2.75, 3.05) is 31.9 Å². The van der Waals surface area contributed by atoms with Crippen LogP contribution in [0.2, 0.25) is 0 Å². The molecule has 1 fully saturated rings. The van der Waals surface area contributed by atoms with Gasteiger partial charge in [-0.3, -0.25) is 4.90 Å². The van der Waals surface area contributed by atoms with Crippen molar-refractivity contribution in [2.45, 2.75) is 19.6 Å². The molecule has 2 N–H and O–H groups in total. The Kier molecular flexibility index (Phi) is 5.44. The van der Waals surface area contributed by atoms with Crippen molar-refractivity contribution in [2.24, 2.45) is 0 Å². The zero-order chi connectivity index (χ0) is 22.2. The van der Waals surface area contributed by atoms with Crippen molar-refractivity contribution in [1.82, 2.24) is 29.1 Å². The first-order valence-corrected chi connectivity index (χ1v) is 9.74. The Morgan fingerprint density at radius 2 is 1.94 bits per heavy atom. The van der Waals surface area contributed by atoms with Gasteiger partial charge in [0.05, 0.1) is 23.6 Å². The molecule has 2 aromatic heterocycles. The number of nitrogens with two attached hydrogens (primary N) is 1. The second-order valence-electron chi connectivity index (χ2n) is 7.45. The van der Waals surface area contributed by atoms with Gasteiger partial charge in [-0.25, -0.2) is 9.78 Å². The number of carbonyl (C=O) groups excluding carboxylic acids is 1. The molecule has 4 rings (SSSR count). The molecule has 31 heavy (non-hydrogen) atoms. The summed E-state index contributed by atoms with van der Waals surface area (Å²) in [6, 6.07) is 4.04. The lowest BCUT2D eigenvalue weighted by Crippen LogP contribution is -2.49. The summed E-state index contributed by atoms with van der Waals surface area (Å²) >= 11 is 0. The number of carbonyl (C=O) groups is 1. The number of piperazine rings is 1. The highest BCUT2D eigenvalue weighted by atomic mass is 19.4. The van der Waals surface area contributed by atoms with Crippen molar-refractivity contribution in [3.05, 3.63) is 59.9 Å². The number of benzene rings is 1. The number of nitrogens with zero attached hydrogens (tertiary/aromatic N) is 6. The van der Waals surface area contributed by atoms with Gasteiger partial charge in [-0.1, -0.05) is 6.07 Å². The second-order valence-corrected chi connectivity index (χ2v) is 7.45. The zero-order valence-corrected chi connectivity index (χ0v) is 16.9. The van der Waals surface area contributed by atoms with Gasteiger partial charge in [0, 0.05) is 50.8 Å². The van der Waals surface area contributed by atoms with E-state index in [-0.39, 0.29) is 18.1 Å². The van der Waals surface area contributed by atoms with Crippen LogP contribution in [-0.4, -0.2) is 61.3 Å². The second kappa shape index (κ2) is 8.06. The van der Waals surface area contributed by atoms with Gasteiger partial charge in [-0.2, -0.15) is 23.0 Å². The first kappa shape index (κ1) is 20.9. The number of rotatable bonds is 3. The van der Waals surface area contributed by atoms with Crippen LogP contribution < -0.4 is 5.73 Å². The van der Waals surface area contributed by atoms with E-state index in [1.54, 1.807) is 34.9 Å². The number of imidazole rings is 1. The molecule has 164 valence electrons. The van der Waals surface area contributed by atoms with Gasteiger partial charge in [-0.05, 0) is 24.6 Å². The highest BCUT2D eigenvalue weighted by molar-refractivity contribution is 5.76. The quantitative estimate of drug-likeness (QED) is 0.687. The molecular formula is C20H22F3N7O. The van der Waals surface area contributed by atoms with Crippen LogP contribution in [0, 0.1) is 6.92 Å². The Morgan fingerprint density at radius 3 is 2.52 bits per heavy atom. The predicted octanol–water partition coefficient (Wildman–Crippen LogP) is 2.76. The van der Waals surface area contributed by atoms with Crippen LogP contribution in [0.5, 0.6) is 0 Å². The van der Waals surface area contributed by atoms with Gasteiger partial charge in [0.2, 0.25) is 0 Å². The Hall–Kier alpha value is -3.34. The van der Waals surface area contributed by atoms with E-state index < -0.39 is 11.7 Å². The molecule has 0 atom stereocenters. The van der Waals surface area contributed by atoms with Crippen molar-refractivity contribution < 1.29 is 18.0 Å². The molecule has 0 unspecified atom stereocenters. The van der Waals surface area contributed by atoms with Gasteiger partial charge in [0.1, 0.15) is 5.82 Å². The van der Waals surface area contributed by atoms with Gasteiger partial charge in [0.25, 0.3) is 0 Å². The number of hydrogen-bond donors (Lipinski definition) is 1. The number of hydrogen-bond acceptors (Lipinski definition) is 5. The summed E-state index contributed by atoms with van der Waals surface area (Å²) in [6.45, 7) is 3.59. The summed E-state index contributed by atoms with van der Waals surface area (Å²) in [5, 5.41) is 3.91. The molecule has 3 heterocycles. The fraction of sp³-hybridized carbons (Fsp3) is 0.350. The van der Waals surface area contributed by atoms with Gasteiger partial charge in [0.15, 0.2) is 0 Å². The molecule has 1 aliphatic rings. The van der Waals surface area contributed by atoms with Crippen LogP contribution in [0.25, 0.3) is 5.69 Å². The highest BCUT2D eigenvalue weighted by Gasteiger charge is 2.34. The number of halogens is 3. The minimum Gasteiger partial charge on any atom is -0.396 e. The maximum absolute atomic E-state index is 13.8. The molecule has 0 radical (unpaired) electrons. The molecule has 0 spiro atoms. The topological polar surface area (TPSA) is 85.2 Å². The standard InChI is InChI=1S/C20H22F3N7O/c1-14-25-4-5-29(14)17-3-2-15(18(10-17)20(21,22)23)12-27-6-8-28(9-7-27)19(31)30-13-16(24)11-26-30/h2-5,10-11,13H,6-9,12,24H2,1H3. The molecule has 11 heteroatoms. The predicted molar refractivity (Wildman–Crippen MR) is 108 cm³/mol. The van der Waals surface area contributed by atoms with Crippen LogP contribution in [0.15, 0.2) is 43.0 Å². The van der Waals surface area contributed by atoms with E-state index in [0.717, 1.165) is 6.07 Å².